The molecule has 1 heterocycles. The number of benzene rings is 2. The fourth-order valence-corrected chi connectivity index (χ4v) is 3.34. The van der Waals surface area contributed by atoms with E-state index in [2.05, 4.69) is 20.9 Å². The van der Waals surface area contributed by atoms with Gasteiger partial charge in [-0.25, -0.2) is 9.37 Å². The van der Waals surface area contributed by atoms with E-state index in [1.54, 1.807) is 36.5 Å². The molecule has 3 rings (SSSR count). The summed E-state index contributed by atoms with van der Waals surface area (Å²) in [6, 6.07) is 13.6. The van der Waals surface area contributed by atoms with E-state index in [1.807, 2.05) is 12.1 Å². The van der Waals surface area contributed by atoms with Gasteiger partial charge in [-0.3, -0.25) is 0 Å². The van der Waals surface area contributed by atoms with Gasteiger partial charge in [-0.1, -0.05) is 34.1 Å². The molecule has 3 aromatic rings. The standard InChI is InChI=1S/C21H19BrFNO3/c1-27-21-11-14(6-7-24-21)13-3-5-18(19(23)9-13)20(26)10-16-8-17(22)4-2-15(16)12-25/h2-9,11,20,25-26H,10,12H2,1H3. The molecule has 0 spiro atoms. The Bertz CT molecular complexity index is 948. The third-order valence-corrected chi connectivity index (χ3v) is 4.88. The molecule has 1 atom stereocenters. The number of aromatic nitrogens is 1. The highest BCUT2D eigenvalue weighted by molar-refractivity contribution is 9.10. The number of halogens is 2. The predicted octanol–water partition coefficient (Wildman–Crippen LogP) is 4.43. The smallest absolute Gasteiger partial charge is 0.213 e. The fraction of sp³-hybridized carbons (Fsp3) is 0.190. The van der Waals surface area contributed by atoms with Crippen molar-refractivity contribution in [2.45, 2.75) is 19.1 Å². The lowest BCUT2D eigenvalue weighted by Gasteiger charge is -2.15. The molecule has 0 fully saturated rings. The molecule has 6 heteroatoms. The number of ether oxygens (including phenoxy) is 1. The molecule has 0 amide bonds. The zero-order chi connectivity index (χ0) is 19.4. The lowest BCUT2D eigenvalue weighted by atomic mass is 9.96. The minimum Gasteiger partial charge on any atom is -0.481 e. The van der Waals surface area contributed by atoms with Crippen LogP contribution in [0.4, 0.5) is 4.39 Å². The van der Waals surface area contributed by atoms with Crippen LogP contribution in [-0.2, 0) is 13.0 Å². The van der Waals surface area contributed by atoms with E-state index in [0.29, 0.717) is 17.0 Å². The van der Waals surface area contributed by atoms with Crippen molar-refractivity contribution in [3.8, 4) is 17.0 Å². The molecule has 4 nitrogen and oxygen atoms in total. The molecular weight excluding hydrogens is 413 g/mol. The van der Waals surface area contributed by atoms with Crippen LogP contribution in [0.2, 0.25) is 0 Å². The van der Waals surface area contributed by atoms with Crippen LogP contribution < -0.4 is 4.74 Å². The van der Waals surface area contributed by atoms with Crippen LogP contribution in [0, 0.1) is 5.82 Å². The summed E-state index contributed by atoms with van der Waals surface area (Å²) in [4.78, 5) is 4.04. The summed E-state index contributed by atoms with van der Waals surface area (Å²) in [5, 5.41) is 20.0. The molecule has 140 valence electrons. The van der Waals surface area contributed by atoms with Crippen molar-refractivity contribution in [3.63, 3.8) is 0 Å². The monoisotopic (exact) mass is 431 g/mol. The molecule has 0 radical (unpaired) electrons. The molecule has 0 aliphatic heterocycles. The maximum absolute atomic E-state index is 14.7. The summed E-state index contributed by atoms with van der Waals surface area (Å²) in [6.07, 6.45) is 0.776. The zero-order valence-electron chi connectivity index (χ0n) is 14.7. The minimum atomic E-state index is -1.02. The Morgan fingerprint density at radius 1 is 1.07 bits per heavy atom. The average Bonchev–Trinajstić information content (AvgIpc) is 2.68. The molecular formula is C21H19BrFNO3. The largest absolute Gasteiger partial charge is 0.481 e. The van der Waals surface area contributed by atoms with Crippen molar-refractivity contribution in [2.24, 2.45) is 0 Å². The molecule has 1 unspecified atom stereocenters. The molecule has 27 heavy (non-hydrogen) atoms. The van der Waals surface area contributed by atoms with E-state index in [-0.39, 0.29) is 18.6 Å². The van der Waals surface area contributed by atoms with Crippen molar-refractivity contribution in [2.75, 3.05) is 7.11 Å². The van der Waals surface area contributed by atoms with E-state index < -0.39 is 11.9 Å². The highest BCUT2D eigenvalue weighted by Gasteiger charge is 2.16. The molecule has 0 saturated heterocycles. The second-order valence-electron chi connectivity index (χ2n) is 6.11. The molecule has 0 saturated carbocycles. The number of nitrogens with zero attached hydrogens (tertiary/aromatic N) is 1. The number of rotatable bonds is 6. The van der Waals surface area contributed by atoms with Crippen molar-refractivity contribution in [1.29, 1.82) is 0 Å². The predicted molar refractivity (Wildman–Crippen MR) is 105 cm³/mol. The summed E-state index contributed by atoms with van der Waals surface area (Å²) in [7, 11) is 1.52. The number of aliphatic hydroxyl groups excluding tert-OH is 2. The van der Waals surface area contributed by atoms with Gasteiger partial charge in [-0.05, 0) is 46.5 Å². The number of aliphatic hydroxyl groups is 2. The third-order valence-electron chi connectivity index (χ3n) is 4.39. The molecule has 2 aromatic carbocycles. The first-order valence-electron chi connectivity index (χ1n) is 8.38. The maximum atomic E-state index is 14.7. The van der Waals surface area contributed by atoms with Crippen molar-refractivity contribution in [1.82, 2.24) is 4.98 Å². The third kappa shape index (κ3) is 4.53. The van der Waals surface area contributed by atoms with Gasteiger partial charge in [0, 0.05) is 28.7 Å². The first kappa shape index (κ1) is 19.5. The first-order chi connectivity index (χ1) is 13.0. The molecule has 2 N–H and O–H groups in total. The second-order valence-corrected chi connectivity index (χ2v) is 7.03. The topological polar surface area (TPSA) is 62.6 Å². The number of hydrogen-bond acceptors (Lipinski definition) is 4. The van der Waals surface area contributed by atoms with Gasteiger partial charge in [0.25, 0.3) is 0 Å². The van der Waals surface area contributed by atoms with Crippen molar-refractivity contribution in [3.05, 3.63) is 81.7 Å². The van der Waals surface area contributed by atoms with Crippen LogP contribution in [0.3, 0.4) is 0 Å². The molecule has 1 aromatic heterocycles. The maximum Gasteiger partial charge on any atom is 0.213 e. The van der Waals surface area contributed by atoms with Gasteiger partial charge >= 0.3 is 0 Å². The normalized spacial score (nSPS) is 12.0. The number of hydrogen-bond donors (Lipinski definition) is 2. The summed E-state index contributed by atoms with van der Waals surface area (Å²) < 4.78 is 20.6. The van der Waals surface area contributed by atoms with Crippen LogP contribution >= 0.6 is 15.9 Å². The second kappa shape index (κ2) is 8.61. The van der Waals surface area contributed by atoms with E-state index in [1.165, 1.54) is 13.2 Å². The fourth-order valence-electron chi connectivity index (χ4n) is 2.93. The van der Waals surface area contributed by atoms with E-state index in [0.717, 1.165) is 15.6 Å². The van der Waals surface area contributed by atoms with Gasteiger partial charge in [-0.15, -0.1) is 0 Å². The highest BCUT2D eigenvalue weighted by Crippen LogP contribution is 2.29. The molecule has 0 bridgehead atoms. The SMILES string of the molecule is COc1cc(-c2ccc(C(O)Cc3cc(Br)ccc3CO)c(F)c2)ccn1. The van der Waals surface area contributed by atoms with E-state index in [4.69, 9.17) is 4.74 Å². The Morgan fingerprint density at radius 2 is 1.85 bits per heavy atom. The average molecular weight is 432 g/mol. The van der Waals surface area contributed by atoms with Gasteiger partial charge < -0.3 is 14.9 Å². The lowest BCUT2D eigenvalue weighted by Crippen LogP contribution is -2.07. The van der Waals surface area contributed by atoms with Crippen LogP contribution in [0.1, 0.15) is 22.8 Å². The Balaban J connectivity index is 1.86. The minimum absolute atomic E-state index is 0.138. The number of pyridine rings is 1. The zero-order valence-corrected chi connectivity index (χ0v) is 16.3. The van der Waals surface area contributed by atoms with Crippen LogP contribution in [0.25, 0.3) is 11.1 Å². The molecule has 0 aliphatic carbocycles. The van der Waals surface area contributed by atoms with Gasteiger partial charge in [0.2, 0.25) is 5.88 Å². The van der Waals surface area contributed by atoms with Crippen molar-refractivity contribution >= 4 is 15.9 Å². The van der Waals surface area contributed by atoms with Crippen LogP contribution in [-0.4, -0.2) is 22.3 Å². The summed E-state index contributed by atoms with van der Waals surface area (Å²) >= 11 is 3.38. The van der Waals surface area contributed by atoms with E-state index >= 15 is 0 Å². The first-order valence-corrected chi connectivity index (χ1v) is 9.17. The lowest BCUT2D eigenvalue weighted by molar-refractivity contribution is 0.172. The summed E-state index contributed by atoms with van der Waals surface area (Å²) in [5.74, 6) is -0.0421. The Hall–Kier alpha value is -2.28. The highest BCUT2D eigenvalue weighted by atomic mass is 79.9. The Labute approximate surface area is 165 Å². The molecule has 0 aliphatic rings. The van der Waals surface area contributed by atoms with Gasteiger partial charge in [0.1, 0.15) is 5.82 Å². The Kier molecular flexibility index (Phi) is 6.21. The number of methoxy groups -OCH3 is 1. The van der Waals surface area contributed by atoms with Crippen molar-refractivity contribution < 1.29 is 19.3 Å². The summed E-state index contributed by atoms with van der Waals surface area (Å²) in [5.41, 5.74) is 3.13. The van der Waals surface area contributed by atoms with E-state index in [9.17, 15) is 14.6 Å². The van der Waals surface area contributed by atoms with Gasteiger partial charge in [0.05, 0.1) is 19.8 Å². The quantitative estimate of drug-likeness (QED) is 0.605. The van der Waals surface area contributed by atoms with Crippen LogP contribution in [0.5, 0.6) is 5.88 Å². The van der Waals surface area contributed by atoms with Gasteiger partial charge in [-0.2, -0.15) is 0 Å². The van der Waals surface area contributed by atoms with Crippen LogP contribution in [0.15, 0.2) is 59.2 Å². The van der Waals surface area contributed by atoms with Gasteiger partial charge in [0.15, 0.2) is 0 Å². The Morgan fingerprint density at radius 3 is 2.56 bits per heavy atom. The summed E-state index contributed by atoms with van der Waals surface area (Å²) in [6.45, 7) is -0.138.